The molecule has 2 aliphatic rings. The molecule has 2 fully saturated rings. The van der Waals surface area contributed by atoms with Crippen molar-refractivity contribution in [2.24, 2.45) is 11.8 Å². The van der Waals surface area contributed by atoms with Crippen LogP contribution in [0.1, 0.15) is 32.6 Å². The lowest BCUT2D eigenvalue weighted by Gasteiger charge is -2.42. The molecule has 2 rings (SSSR count). The molecule has 0 radical (unpaired) electrons. The topological polar surface area (TPSA) is 69.6 Å². The first-order valence-corrected chi connectivity index (χ1v) is 8.61. The highest BCUT2D eigenvalue weighted by atomic mass is 32.2. The number of aliphatic carboxylic acids is 1. The third-order valence-corrected chi connectivity index (χ3v) is 5.68. The largest absolute Gasteiger partial charge is 0.481 e. The zero-order chi connectivity index (χ0) is 14.7. The number of rotatable bonds is 4. The Hall–Kier alpha value is -0.910. The highest BCUT2D eigenvalue weighted by Gasteiger charge is 2.37. The standard InChI is InChI=1S/C14H24N2O3S/c1-9(13(17)18)10-7-16(8-10)14(19)15-11-4-3-5-12(6-11)20-2/h9-12H,3-8H2,1-2H3,(H,15,19)(H,17,18). The van der Waals surface area contributed by atoms with Crippen LogP contribution >= 0.6 is 11.8 Å². The van der Waals surface area contributed by atoms with Crippen molar-refractivity contribution in [2.75, 3.05) is 19.3 Å². The number of carboxylic acid groups (broad SMARTS) is 1. The first kappa shape index (κ1) is 15.5. The average molecular weight is 300 g/mol. The molecule has 20 heavy (non-hydrogen) atoms. The molecule has 3 unspecified atom stereocenters. The molecule has 2 amide bonds. The number of thioether (sulfide) groups is 1. The second-order valence-electron chi connectivity index (χ2n) is 5.96. The van der Waals surface area contributed by atoms with Gasteiger partial charge in [-0.2, -0.15) is 11.8 Å². The van der Waals surface area contributed by atoms with Crippen molar-refractivity contribution < 1.29 is 14.7 Å². The van der Waals surface area contributed by atoms with Gasteiger partial charge in [-0.1, -0.05) is 13.3 Å². The number of nitrogens with one attached hydrogen (secondary N) is 1. The number of hydrogen-bond acceptors (Lipinski definition) is 3. The first-order chi connectivity index (χ1) is 9.51. The van der Waals surface area contributed by atoms with E-state index < -0.39 is 5.97 Å². The molecule has 1 aliphatic heterocycles. The van der Waals surface area contributed by atoms with E-state index in [1.165, 1.54) is 12.8 Å². The van der Waals surface area contributed by atoms with Crippen LogP contribution in [-0.4, -0.2) is 52.6 Å². The second kappa shape index (κ2) is 6.70. The summed E-state index contributed by atoms with van der Waals surface area (Å²) in [6, 6.07) is 0.259. The van der Waals surface area contributed by atoms with Gasteiger partial charge in [0.05, 0.1) is 5.92 Å². The highest BCUT2D eigenvalue weighted by molar-refractivity contribution is 7.99. The molecule has 5 nitrogen and oxygen atoms in total. The quantitative estimate of drug-likeness (QED) is 0.833. The van der Waals surface area contributed by atoms with E-state index >= 15 is 0 Å². The molecule has 2 N–H and O–H groups in total. The lowest BCUT2D eigenvalue weighted by Crippen LogP contribution is -2.58. The minimum absolute atomic E-state index is 0.0226. The van der Waals surface area contributed by atoms with Crippen LogP contribution in [0.5, 0.6) is 0 Å². The average Bonchev–Trinajstić information content (AvgIpc) is 2.36. The van der Waals surface area contributed by atoms with E-state index in [1.54, 1.807) is 11.8 Å². The molecule has 0 aromatic carbocycles. The second-order valence-corrected chi connectivity index (χ2v) is 7.10. The Bertz CT molecular complexity index is 371. The number of carbonyl (C=O) groups excluding carboxylic acids is 1. The Morgan fingerprint density at radius 2 is 2.05 bits per heavy atom. The van der Waals surface area contributed by atoms with Crippen LogP contribution in [-0.2, 0) is 4.79 Å². The molecule has 1 saturated heterocycles. The lowest BCUT2D eigenvalue weighted by atomic mass is 9.87. The van der Waals surface area contributed by atoms with Crippen molar-refractivity contribution in [3.05, 3.63) is 0 Å². The molecule has 1 heterocycles. The smallest absolute Gasteiger partial charge is 0.317 e. The van der Waals surface area contributed by atoms with Gasteiger partial charge in [-0.15, -0.1) is 0 Å². The third-order valence-electron chi connectivity index (χ3n) is 4.58. The van der Waals surface area contributed by atoms with Crippen molar-refractivity contribution in [3.8, 4) is 0 Å². The minimum Gasteiger partial charge on any atom is -0.481 e. The number of urea groups is 1. The summed E-state index contributed by atoms with van der Waals surface area (Å²) in [5.41, 5.74) is 0. The summed E-state index contributed by atoms with van der Waals surface area (Å²) in [5, 5.41) is 12.7. The van der Waals surface area contributed by atoms with Gasteiger partial charge in [0.25, 0.3) is 0 Å². The van der Waals surface area contributed by atoms with E-state index in [9.17, 15) is 9.59 Å². The van der Waals surface area contributed by atoms with Gasteiger partial charge in [0.1, 0.15) is 0 Å². The highest BCUT2D eigenvalue weighted by Crippen LogP contribution is 2.28. The summed E-state index contributed by atoms with van der Waals surface area (Å²) >= 11 is 1.88. The SMILES string of the molecule is CSC1CCCC(NC(=O)N2CC(C(C)C(=O)O)C2)C1. The molecule has 0 bridgehead atoms. The Labute approximate surface area is 124 Å². The number of amides is 2. The van der Waals surface area contributed by atoms with Crippen LogP contribution in [0.2, 0.25) is 0 Å². The number of nitrogens with zero attached hydrogens (tertiary/aromatic N) is 1. The maximum Gasteiger partial charge on any atom is 0.317 e. The summed E-state index contributed by atoms with van der Waals surface area (Å²) in [6.07, 6.45) is 6.66. The van der Waals surface area contributed by atoms with Gasteiger partial charge in [-0.3, -0.25) is 4.79 Å². The van der Waals surface area contributed by atoms with Crippen molar-refractivity contribution in [1.82, 2.24) is 10.2 Å². The zero-order valence-electron chi connectivity index (χ0n) is 12.2. The van der Waals surface area contributed by atoms with Crippen LogP contribution in [0.25, 0.3) is 0 Å². The molecule has 0 aromatic heterocycles. The van der Waals surface area contributed by atoms with Gasteiger partial charge in [0, 0.05) is 30.3 Å². The fraction of sp³-hybridized carbons (Fsp3) is 0.857. The van der Waals surface area contributed by atoms with Crippen molar-refractivity contribution >= 4 is 23.8 Å². The summed E-state index contributed by atoms with van der Waals surface area (Å²) < 4.78 is 0. The minimum atomic E-state index is -0.773. The molecule has 0 aromatic rings. The van der Waals surface area contributed by atoms with E-state index in [2.05, 4.69) is 11.6 Å². The Kier molecular flexibility index (Phi) is 5.18. The molecule has 0 spiro atoms. The Balaban J connectivity index is 1.73. The van der Waals surface area contributed by atoms with E-state index in [-0.39, 0.29) is 23.9 Å². The van der Waals surface area contributed by atoms with Crippen molar-refractivity contribution in [1.29, 1.82) is 0 Å². The fourth-order valence-electron chi connectivity index (χ4n) is 2.95. The van der Waals surface area contributed by atoms with E-state index in [1.807, 2.05) is 11.8 Å². The molecule has 114 valence electrons. The van der Waals surface area contributed by atoms with Gasteiger partial charge >= 0.3 is 12.0 Å². The van der Waals surface area contributed by atoms with Gasteiger partial charge in [0.2, 0.25) is 0 Å². The van der Waals surface area contributed by atoms with Gasteiger partial charge in [-0.25, -0.2) is 4.79 Å². The number of carbonyl (C=O) groups is 2. The molecular formula is C14H24N2O3S. The molecule has 3 atom stereocenters. The van der Waals surface area contributed by atoms with Crippen LogP contribution < -0.4 is 5.32 Å². The van der Waals surface area contributed by atoms with Crippen LogP contribution in [0.4, 0.5) is 4.79 Å². The van der Waals surface area contributed by atoms with Crippen molar-refractivity contribution in [2.45, 2.75) is 43.9 Å². The van der Waals surface area contributed by atoms with Gasteiger partial charge < -0.3 is 15.3 Å². The van der Waals surface area contributed by atoms with E-state index in [0.29, 0.717) is 18.3 Å². The number of likely N-dealkylation sites (tertiary alicyclic amines) is 1. The third kappa shape index (κ3) is 3.59. The monoisotopic (exact) mass is 300 g/mol. The summed E-state index contributed by atoms with van der Waals surface area (Å²) in [5.74, 6) is -1.04. The molecular weight excluding hydrogens is 276 g/mol. The Morgan fingerprint density at radius 3 is 2.65 bits per heavy atom. The van der Waals surface area contributed by atoms with Crippen LogP contribution in [0.3, 0.4) is 0 Å². The van der Waals surface area contributed by atoms with E-state index in [4.69, 9.17) is 5.11 Å². The Morgan fingerprint density at radius 1 is 1.35 bits per heavy atom. The maximum absolute atomic E-state index is 12.1. The predicted octanol–water partition coefficient (Wildman–Crippen LogP) is 2.02. The van der Waals surface area contributed by atoms with Gasteiger partial charge in [0.15, 0.2) is 0 Å². The van der Waals surface area contributed by atoms with Crippen LogP contribution in [0, 0.1) is 11.8 Å². The van der Waals surface area contributed by atoms with Crippen molar-refractivity contribution in [3.63, 3.8) is 0 Å². The molecule has 1 aliphatic carbocycles. The van der Waals surface area contributed by atoms with E-state index in [0.717, 1.165) is 12.8 Å². The summed E-state index contributed by atoms with van der Waals surface area (Å²) in [4.78, 5) is 24.7. The summed E-state index contributed by atoms with van der Waals surface area (Å²) in [7, 11) is 0. The number of carboxylic acids is 1. The zero-order valence-corrected chi connectivity index (χ0v) is 13.0. The molecule has 1 saturated carbocycles. The predicted molar refractivity (Wildman–Crippen MR) is 80.0 cm³/mol. The molecule has 6 heteroatoms. The lowest BCUT2D eigenvalue weighted by molar-refractivity contribution is -0.144. The summed E-state index contributed by atoms with van der Waals surface area (Å²) in [6.45, 7) is 2.85. The van der Waals surface area contributed by atoms with Gasteiger partial charge in [-0.05, 0) is 25.5 Å². The maximum atomic E-state index is 12.1. The van der Waals surface area contributed by atoms with Crippen LogP contribution in [0.15, 0.2) is 0 Å². The first-order valence-electron chi connectivity index (χ1n) is 7.32. The number of hydrogen-bond donors (Lipinski definition) is 2. The fourth-order valence-corrected chi connectivity index (χ4v) is 3.78. The normalized spacial score (nSPS) is 28.6.